The lowest BCUT2D eigenvalue weighted by atomic mass is 9.97. The van der Waals surface area contributed by atoms with Gasteiger partial charge in [-0.2, -0.15) is 0 Å². The van der Waals surface area contributed by atoms with Crippen molar-refractivity contribution < 1.29 is 14.3 Å². The Hall–Kier alpha value is -4.36. The summed E-state index contributed by atoms with van der Waals surface area (Å²) >= 11 is 0. The van der Waals surface area contributed by atoms with E-state index in [0.717, 1.165) is 51.9 Å². The zero-order valence-electron chi connectivity index (χ0n) is 21.9. The van der Waals surface area contributed by atoms with Crippen LogP contribution in [0.25, 0.3) is 21.9 Å². The molecular formula is C32H32N4O3. The van der Waals surface area contributed by atoms with Crippen LogP contribution in [0.2, 0.25) is 0 Å². The number of para-hydroxylation sites is 1. The molecule has 3 heterocycles. The predicted molar refractivity (Wildman–Crippen MR) is 152 cm³/mol. The number of ether oxygens (including phenoxy) is 2. The molecule has 1 fully saturated rings. The minimum atomic E-state index is 0.0477. The number of hydrogen-bond acceptors (Lipinski definition) is 4. The molecule has 3 aromatic carbocycles. The van der Waals surface area contributed by atoms with Crippen molar-refractivity contribution in [3.8, 4) is 16.9 Å². The van der Waals surface area contributed by atoms with Gasteiger partial charge in [-0.1, -0.05) is 60.7 Å². The molecule has 0 spiro atoms. The molecule has 0 unspecified atom stereocenters. The average molecular weight is 521 g/mol. The monoisotopic (exact) mass is 520 g/mol. The summed E-state index contributed by atoms with van der Waals surface area (Å²) in [5.74, 6) is 0.931. The summed E-state index contributed by atoms with van der Waals surface area (Å²) in [6.07, 6.45) is 8.73. The molecule has 6 rings (SSSR count). The average Bonchev–Trinajstić information content (AvgIpc) is 3.62. The fourth-order valence-electron chi connectivity index (χ4n) is 5.19. The molecular weight excluding hydrogens is 488 g/mol. The molecule has 0 aliphatic carbocycles. The molecule has 0 atom stereocenters. The number of benzene rings is 3. The molecule has 0 saturated carbocycles. The number of imidazole rings is 1. The predicted octanol–water partition coefficient (Wildman–Crippen LogP) is 5.49. The lowest BCUT2D eigenvalue weighted by molar-refractivity contribution is 0.0303. The standard InChI is InChI=1S/C32H32N4O3/c37-32(35-15-18-38-19-16-35)31-23-34(22-30(31)29-13-6-9-25-8-4-5-12-28(25)29)21-26-20-33-24-36(26)14-7-17-39-27-10-2-1-3-11-27/h1-6,8-13,20,22-24H,7,14-19,21H2. The Bertz CT molecular complexity index is 1550. The van der Waals surface area contributed by atoms with Gasteiger partial charge in [0.15, 0.2) is 0 Å². The number of carbonyl (C=O) groups excluding carboxylic acids is 1. The Kier molecular flexibility index (Phi) is 7.41. The van der Waals surface area contributed by atoms with Gasteiger partial charge in [0.05, 0.1) is 44.0 Å². The summed E-state index contributed by atoms with van der Waals surface area (Å²) in [6.45, 7) is 4.42. The Morgan fingerprint density at radius 1 is 0.897 bits per heavy atom. The van der Waals surface area contributed by atoms with Gasteiger partial charge >= 0.3 is 0 Å². The van der Waals surface area contributed by atoms with Gasteiger partial charge in [0, 0.05) is 43.8 Å². The molecule has 1 aliphatic heterocycles. The maximum absolute atomic E-state index is 13.7. The molecule has 2 aromatic heterocycles. The van der Waals surface area contributed by atoms with E-state index in [9.17, 15) is 4.79 Å². The van der Waals surface area contributed by atoms with Crippen molar-refractivity contribution in [2.24, 2.45) is 0 Å². The van der Waals surface area contributed by atoms with Crippen molar-refractivity contribution in [3.05, 3.63) is 109 Å². The first kappa shape index (κ1) is 24.9. The fourth-order valence-corrected chi connectivity index (χ4v) is 5.19. The molecule has 7 heteroatoms. The maximum Gasteiger partial charge on any atom is 0.256 e. The molecule has 0 radical (unpaired) electrons. The zero-order chi connectivity index (χ0) is 26.4. The van der Waals surface area contributed by atoms with Gasteiger partial charge in [-0.15, -0.1) is 0 Å². The number of rotatable bonds is 9. The van der Waals surface area contributed by atoms with Crippen LogP contribution in [0.5, 0.6) is 5.75 Å². The maximum atomic E-state index is 13.7. The molecule has 0 N–H and O–H groups in total. The van der Waals surface area contributed by atoms with Crippen LogP contribution in [0.3, 0.4) is 0 Å². The van der Waals surface area contributed by atoms with Crippen molar-refractivity contribution in [2.75, 3.05) is 32.9 Å². The lowest BCUT2D eigenvalue weighted by Gasteiger charge is -2.27. The summed E-state index contributed by atoms with van der Waals surface area (Å²) in [5, 5.41) is 2.29. The van der Waals surface area contributed by atoms with Crippen molar-refractivity contribution >= 4 is 16.7 Å². The third-order valence-electron chi connectivity index (χ3n) is 7.19. The number of fused-ring (bicyclic) bond motifs is 1. The van der Waals surface area contributed by atoms with Crippen LogP contribution in [-0.2, 0) is 17.8 Å². The first-order valence-corrected chi connectivity index (χ1v) is 13.5. The van der Waals surface area contributed by atoms with E-state index in [2.05, 4.69) is 50.6 Å². The van der Waals surface area contributed by atoms with E-state index in [4.69, 9.17) is 9.47 Å². The molecule has 39 heavy (non-hydrogen) atoms. The smallest absolute Gasteiger partial charge is 0.256 e. The van der Waals surface area contributed by atoms with E-state index in [1.165, 1.54) is 0 Å². The largest absolute Gasteiger partial charge is 0.494 e. The van der Waals surface area contributed by atoms with E-state index in [1.807, 2.05) is 66.1 Å². The number of aromatic nitrogens is 3. The Labute approximate surface area is 228 Å². The lowest BCUT2D eigenvalue weighted by Crippen LogP contribution is -2.40. The second kappa shape index (κ2) is 11.6. The highest BCUT2D eigenvalue weighted by Gasteiger charge is 2.24. The quantitative estimate of drug-likeness (QED) is 0.241. The van der Waals surface area contributed by atoms with E-state index in [-0.39, 0.29) is 5.91 Å². The second-order valence-corrected chi connectivity index (χ2v) is 9.78. The topological polar surface area (TPSA) is 61.5 Å². The van der Waals surface area contributed by atoms with E-state index >= 15 is 0 Å². The number of aryl methyl sites for hydroxylation is 1. The highest BCUT2D eigenvalue weighted by Crippen LogP contribution is 2.33. The van der Waals surface area contributed by atoms with Crippen LogP contribution in [0, 0.1) is 0 Å². The summed E-state index contributed by atoms with van der Waals surface area (Å²) < 4.78 is 15.6. The summed E-state index contributed by atoms with van der Waals surface area (Å²) in [7, 11) is 0. The molecule has 5 aromatic rings. The van der Waals surface area contributed by atoms with Crippen LogP contribution in [-0.4, -0.2) is 57.8 Å². The summed E-state index contributed by atoms with van der Waals surface area (Å²) in [5.41, 5.74) is 3.82. The molecule has 1 saturated heterocycles. The molecule has 198 valence electrons. The van der Waals surface area contributed by atoms with Crippen LogP contribution < -0.4 is 4.74 Å². The molecule has 7 nitrogen and oxygen atoms in total. The van der Waals surface area contributed by atoms with Crippen molar-refractivity contribution in [3.63, 3.8) is 0 Å². The van der Waals surface area contributed by atoms with Crippen molar-refractivity contribution in [1.82, 2.24) is 19.0 Å². The van der Waals surface area contributed by atoms with Gasteiger partial charge in [0.25, 0.3) is 5.91 Å². The SMILES string of the molecule is O=C(c1cn(Cc2cncn2CCCOc2ccccc2)cc1-c1cccc2ccccc12)N1CCOCC1. The first-order valence-electron chi connectivity index (χ1n) is 13.5. The fraction of sp³-hybridized carbons (Fsp3) is 0.250. The third kappa shape index (κ3) is 5.59. The molecule has 1 amide bonds. The van der Waals surface area contributed by atoms with E-state index < -0.39 is 0 Å². The number of carbonyl (C=O) groups is 1. The van der Waals surface area contributed by atoms with Gasteiger partial charge < -0.3 is 23.5 Å². The molecule has 0 bridgehead atoms. The number of morpholine rings is 1. The highest BCUT2D eigenvalue weighted by molar-refractivity contribution is 6.06. The Morgan fingerprint density at radius 2 is 1.69 bits per heavy atom. The van der Waals surface area contributed by atoms with Gasteiger partial charge in [0.1, 0.15) is 5.75 Å². The van der Waals surface area contributed by atoms with Gasteiger partial charge in [-0.25, -0.2) is 4.98 Å². The second-order valence-electron chi connectivity index (χ2n) is 9.78. The summed E-state index contributed by atoms with van der Waals surface area (Å²) in [6, 6.07) is 24.5. The van der Waals surface area contributed by atoms with Crippen LogP contribution >= 0.6 is 0 Å². The Balaban J connectivity index is 1.25. The number of amides is 1. The molecule has 1 aliphatic rings. The number of hydrogen-bond donors (Lipinski definition) is 0. The Morgan fingerprint density at radius 3 is 2.56 bits per heavy atom. The van der Waals surface area contributed by atoms with Gasteiger partial charge in [-0.05, 0) is 34.9 Å². The number of nitrogens with zero attached hydrogens (tertiary/aromatic N) is 4. The van der Waals surface area contributed by atoms with Gasteiger partial charge in [-0.3, -0.25) is 4.79 Å². The minimum absolute atomic E-state index is 0.0477. The van der Waals surface area contributed by atoms with Gasteiger partial charge in [0.2, 0.25) is 0 Å². The highest BCUT2D eigenvalue weighted by atomic mass is 16.5. The van der Waals surface area contributed by atoms with Crippen LogP contribution in [0.1, 0.15) is 22.5 Å². The van der Waals surface area contributed by atoms with E-state index in [0.29, 0.717) is 39.5 Å². The van der Waals surface area contributed by atoms with Crippen molar-refractivity contribution in [2.45, 2.75) is 19.5 Å². The van der Waals surface area contributed by atoms with Crippen LogP contribution in [0.15, 0.2) is 97.7 Å². The minimum Gasteiger partial charge on any atom is -0.494 e. The zero-order valence-corrected chi connectivity index (χ0v) is 21.9. The summed E-state index contributed by atoms with van der Waals surface area (Å²) in [4.78, 5) is 20.0. The first-order chi connectivity index (χ1) is 19.3. The normalized spacial score (nSPS) is 13.6. The van der Waals surface area contributed by atoms with Crippen molar-refractivity contribution in [1.29, 1.82) is 0 Å². The third-order valence-corrected chi connectivity index (χ3v) is 7.19. The van der Waals surface area contributed by atoms with Crippen LogP contribution in [0.4, 0.5) is 0 Å². The van der Waals surface area contributed by atoms with E-state index in [1.54, 1.807) is 0 Å².